The number of carboxylic acid groups (broad SMARTS) is 1. The SMILES string of the molecule is O=C(O)CC1CC2CCC(C1)N2Cc1cccc(Br)c1. The lowest BCUT2D eigenvalue weighted by atomic mass is 9.88. The molecule has 0 radical (unpaired) electrons. The molecule has 2 atom stereocenters. The van der Waals surface area contributed by atoms with Crippen LogP contribution in [0.25, 0.3) is 0 Å². The summed E-state index contributed by atoms with van der Waals surface area (Å²) < 4.78 is 1.13. The van der Waals surface area contributed by atoms with Crippen LogP contribution >= 0.6 is 15.9 Å². The molecule has 2 heterocycles. The molecule has 3 rings (SSSR count). The Bertz CT molecular complexity index is 491. The highest BCUT2D eigenvalue weighted by Gasteiger charge is 2.40. The van der Waals surface area contributed by atoms with Crippen molar-refractivity contribution >= 4 is 21.9 Å². The van der Waals surface area contributed by atoms with E-state index in [4.69, 9.17) is 5.11 Å². The molecule has 3 nitrogen and oxygen atoms in total. The molecule has 1 N–H and O–H groups in total. The zero-order valence-electron chi connectivity index (χ0n) is 11.5. The highest BCUT2D eigenvalue weighted by Crippen LogP contribution is 2.40. The van der Waals surface area contributed by atoms with Crippen molar-refractivity contribution in [1.82, 2.24) is 4.90 Å². The van der Waals surface area contributed by atoms with Crippen LogP contribution in [-0.4, -0.2) is 28.1 Å². The average Bonchev–Trinajstić information content (AvgIpc) is 2.61. The summed E-state index contributed by atoms with van der Waals surface area (Å²) in [7, 11) is 0. The minimum Gasteiger partial charge on any atom is -0.481 e. The molecule has 4 heteroatoms. The molecule has 2 bridgehead atoms. The van der Waals surface area contributed by atoms with E-state index in [1.807, 2.05) is 0 Å². The number of benzene rings is 1. The molecule has 0 spiro atoms. The number of rotatable bonds is 4. The van der Waals surface area contributed by atoms with Gasteiger partial charge in [-0.15, -0.1) is 0 Å². The molecule has 2 aliphatic rings. The summed E-state index contributed by atoms with van der Waals surface area (Å²) in [6.07, 6.45) is 4.91. The molecule has 1 aromatic rings. The van der Waals surface area contributed by atoms with Gasteiger partial charge in [-0.1, -0.05) is 28.1 Å². The Morgan fingerprint density at radius 2 is 2.00 bits per heavy atom. The van der Waals surface area contributed by atoms with E-state index in [1.54, 1.807) is 0 Å². The van der Waals surface area contributed by atoms with Crippen LogP contribution < -0.4 is 0 Å². The number of aliphatic carboxylic acids is 1. The third kappa shape index (κ3) is 3.07. The normalized spacial score (nSPS) is 29.6. The molecule has 2 fully saturated rings. The van der Waals surface area contributed by atoms with Crippen LogP contribution in [0.5, 0.6) is 0 Å². The standard InChI is InChI=1S/C16H20BrNO2/c17-13-3-1-2-11(6-13)10-18-14-4-5-15(18)8-12(7-14)9-16(19)20/h1-3,6,12,14-15H,4-5,7-10H2,(H,19,20). The summed E-state index contributed by atoms with van der Waals surface area (Å²) in [5.41, 5.74) is 1.34. The van der Waals surface area contributed by atoms with Crippen LogP contribution in [0.2, 0.25) is 0 Å². The minimum atomic E-state index is -0.644. The number of piperidine rings is 1. The summed E-state index contributed by atoms with van der Waals surface area (Å²) in [5.74, 6) is -0.265. The van der Waals surface area contributed by atoms with Crippen molar-refractivity contribution in [3.63, 3.8) is 0 Å². The Morgan fingerprint density at radius 1 is 1.30 bits per heavy atom. The zero-order valence-corrected chi connectivity index (χ0v) is 13.1. The molecule has 0 saturated carbocycles. The van der Waals surface area contributed by atoms with Crippen molar-refractivity contribution < 1.29 is 9.90 Å². The monoisotopic (exact) mass is 337 g/mol. The van der Waals surface area contributed by atoms with Gasteiger partial charge in [0.05, 0.1) is 0 Å². The lowest BCUT2D eigenvalue weighted by Gasteiger charge is -2.38. The summed E-state index contributed by atoms with van der Waals surface area (Å²) >= 11 is 3.53. The number of hydrogen-bond donors (Lipinski definition) is 1. The fraction of sp³-hybridized carbons (Fsp3) is 0.562. The van der Waals surface area contributed by atoms with Crippen molar-refractivity contribution in [3.05, 3.63) is 34.3 Å². The second-order valence-electron chi connectivity index (χ2n) is 6.12. The first kappa shape index (κ1) is 14.1. The Balaban J connectivity index is 1.66. The van der Waals surface area contributed by atoms with Gasteiger partial charge < -0.3 is 5.11 Å². The highest BCUT2D eigenvalue weighted by molar-refractivity contribution is 9.10. The van der Waals surface area contributed by atoms with Crippen molar-refractivity contribution in [2.24, 2.45) is 5.92 Å². The zero-order chi connectivity index (χ0) is 14.1. The number of carboxylic acids is 1. The second-order valence-corrected chi connectivity index (χ2v) is 7.04. The Morgan fingerprint density at radius 3 is 2.60 bits per heavy atom. The maximum Gasteiger partial charge on any atom is 0.303 e. The Labute approximate surface area is 128 Å². The Hall–Kier alpha value is -0.870. The van der Waals surface area contributed by atoms with Crippen LogP contribution in [0, 0.1) is 5.92 Å². The molecule has 1 aromatic carbocycles. The summed E-state index contributed by atoms with van der Waals surface area (Å²) in [5, 5.41) is 8.97. The molecule has 0 amide bonds. The number of fused-ring (bicyclic) bond motifs is 2. The molecule has 2 saturated heterocycles. The smallest absolute Gasteiger partial charge is 0.303 e. The fourth-order valence-corrected chi connectivity index (χ4v) is 4.35. The molecule has 2 unspecified atom stereocenters. The van der Waals surface area contributed by atoms with E-state index in [0.29, 0.717) is 24.4 Å². The molecule has 2 aliphatic heterocycles. The van der Waals surface area contributed by atoms with Gasteiger partial charge in [0.2, 0.25) is 0 Å². The van der Waals surface area contributed by atoms with Crippen LogP contribution in [-0.2, 0) is 11.3 Å². The van der Waals surface area contributed by atoms with Crippen molar-refractivity contribution in [3.8, 4) is 0 Å². The quantitative estimate of drug-likeness (QED) is 0.911. The van der Waals surface area contributed by atoms with E-state index >= 15 is 0 Å². The van der Waals surface area contributed by atoms with E-state index < -0.39 is 5.97 Å². The van der Waals surface area contributed by atoms with Gasteiger partial charge in [-0.2, -0.15) is 0 Å². The Kier molecular flexibility index (Phi) is 4.13. The van der Waals surface area contributed by atoms with E-state index in [-0.39, 0.29) is 0 Å². The van der Waals surface area contributed by atoms with E-state index in [0.717, 1.165) is 23.9 Å². The van der Waals surface area contributed by atoms with Gasteiger partial charge in [-0.3, -0.25) is 9.69 Å². The third-order valence-electron chi connectivity index (χ3n) is 4.70. The number of carbonyl (C=O) groups is 1. The minimum absolute atomic E-state index is 0.345. The van der Waals surface area contributed by atoms with Crippen LogP contribution in [0.15, 0.2) is 28.7 Å². The van der Waals surface area contributed by atoms with Gasteiger partial charge in [-0.25, -0.2) is 0 Å². The fourth-order valence-electron chi connectivity index (χ4n) is 3.90. The molecule has 108 valence electrons. The summed E-state index contributed by atoms with van der Waals surface area (Å²) in [6.45, 7) is 0.995. The topological polar surface area (TPSA) is 40.5 Å². The van der Waals surface area contributed by atoms with E-state index in [1.165, 1.54) is 18.4 Å². The maximum atomic E-state index is 10.9. The lowest BCUT2D eigenvalue weighted by Crippen LogP contribution is -2.42. The van der Waals surface area contributed by atoms with Gasteiger partial charge in [0, 0.05) is 29.5 Å². The predicted molar refractivity (Wildman–Crippen MR) is 81.5 cm³/mol. The molecule has 0 aromatic heterocycles. The van der Waals surface area contributed by atoms with Crippen molar-refractivity contribution in [1.29, 1.82) is 0 Å². The lowest BCUT2D eigenvalue weighted by molar-refractivity contribution is -0.138. The third-order valence-corrected chi connectivity index (χ3v) is 5.19. The van der Waals surface area contributed by atoms with E-state index in [9.17, 15) is 4.79 Å². The van der Waals surface area contributed by atoms with Gasteiger partial charge in [-0.05, 0) is 49.3 Å². The molecular formula is C16H20BrNO2. The van der Waals surface area contributed by atoms with E-state index in [2.05, 4.69) is 45.1 Å². The van der Waals surface area contributed by atoms with Gasteiger partial charge in [0.1, 0.15) is 0 Å². The molecular weight excluding hydrogens is 318 g/mol. The van der Waals surface area contributed by atoms with Crippen LogP contribution in [0.1, 0.15) is 37.7 Å². The largest absolute Gasteiger partial charge is 0.481 e. The first-order valence-corrected chi connectivity index (χ1v) is 8.13. The maximum absolute atomic E-state index is 10.9. The second kappa shape index (κ2) is 5.86. The first-order valence-electron chi connectivity index (χ1n) is 7.34. The molecule has 20 heavy (non-hydrogen) atoms. The van der Waals surface area contributed by atoms with Crippen molar-refractivity contribution in [2.75, 3.05) is 0 Å². The average molecular weight is 338 g/mol. The van der Waals surface area contributed by atoms with Crippen LogP contribution in [0.4, 0.5) is 0 Å². The number of hydrogen-bond acceptors (Lipinski definition) is 2. The van der Waals surface area contributed by atoms with Gasteiger partial charge in [0.15, 0.2) is 0 Å². The first-order chi connectivity index (χ1) is 9.61. The summed E-state index contributed by atoms with van der Waals surface area (Å²) in [6, 6.07) is 9.65. The summed E-state index contributed by atoms with van der Waals surface area (Å²) in [4.78, 5) is 13.5. The number of nitrogens with zero attached hydrogens (tertiary/aromatic N) is 1. The predicted octanol–water partition coefficient (Wildman–Crippen LogP) is 3.67. The number of halogens is 1. The van der Waals surface area contributed by atoms with Crippen LogP contribution in [0.3, 0.4) is 0 Å². The highest BCUT2D eigenvalue weighted by atomic mass is 79.9. The molecule has 0 aliphatic carbocycles. The van der Waals surface area contributed by atoms with Crippen molar-refractivity contribution in [2.45, 2.75) is 50.7 Å². The van der Waals surface area contributed by atoms with Gasteiger partial charge in [0.25, 0.3) is 0 Å². The van der Waals surface area contributed by atoms with Gasteiger partial charge >= 0.3 is 5.97 Å².